The van der Waals surface area contributed by atoms with Gasteiger partial charge < -0.3 is 5.73 Å². The van der Waals surface area contributed by atoms with Crippen LogP contribution in [0.15, 0.2) is 23.8 Å². The Morgan fingerprint density at radius 3 is 3.30 bits per heavy atom. The van der Waals surface area contributed by atoms with Crippen molar-refractivity contribution in [2.45, 2.75) is 12.6 Å². The molecule has 1 heterocycles. The molecule has 0 bridgehead atoms. The molecular formula is C8H12N2. The van der Waals surface area contributed by atoms with E-state index in [1.54, 1.807) is 0 Å². The molecule has 2 heteroatoms. The summed E-state index contributed by atoms with van der Waals surface area (Å²) in [5.41, 5.74) is 7.15. The van der Waals surface area contributed by atoms with E-state index in [0.717, 1.165) is 13.0 Å². The maximum Gasteiger partial charge on any atom is 0.0775 e. The average molecular weight is 136 g/mol. The summed E-state index contributed by atoms with van der Waals surface area (Å²) in [4.78, 5) is 0. The zero-order valence-corrected chi connectivity index (χ0v) is 5.88. The van der Waals surface area contributed by atoms with Crippen LogP contribution >= 0.6 is 0 Å². The zero-order chi connectivity index (χ0) is 6.97. The number of hydrogen-bond donors (Lipinski definition) is 2. The van der Waals surface area contributed by atoms with Gasteiger partial charge in [0.1, 0.15) is 0 Å². The largest absolute Gasteiger partial charge is 0.312 e. The first kappa shape index (κ1) is 6.13. The topological polar surface area (TPSA) is 38.0 Å². The quantitative estimate of drug-likeness (QED) is 0.505. The minimum Gasteiger partial charge on any atom is -0.312 e. The third-order valence-corrected chi connectivity index (χ3v) is 2.26. The van der Waals surface area contributed by atoms with Gasteiger partial charge in [0, 0.05) is 6.54 Å². The highest BCUT2D eigenvalue weighted by atomic mass is 15.1. The Labute approximate surface area is 60.8 Å². The van der Waals surface area contributed by atoms with Crippen LogP contribution in [0.2, 0.25) is 0 Å². The highest BCUT2D eigenvalue weighted by Crippen LogP contribution is 2.25. The maximum atomic E-state index is 5.78. The molecule has 0 amide bonds. The van der Waals surface area contributed by atoms with E-state index in [0.29, 0.717) is 5.92 Å². The Balaban J connectivity index is 2.25. The van der Waals surface area contributed by atoms with Crippen LogP contribution in [-0.2, 0) is 0 Å². The Morgan fingerprint density at radius 1 is 1.60 bits per heavy atom. The second-order valence-corrected chi connectivity index (χ2v) is 2.91. The van der Waals surface area contributed by atoms with Gasteiger partial charge in [-0.25, -0.2) is 0 Å². The molecule has 10 heavy (non-hydrogen) atoms. The number of nitrogens with two attached hydrogens (primary N) is 1. The monoisotopic (exact) mass is 136 g/mol. The van der Waals surface area contributed by atoms with Crippen molar-refractivity contribution in [3.63, 3.8) is 0 Å². The van der Waals surface area contributed by atoms with Gasteiger partial charge in [-0.15, -0.1) is 0 Å². The van der Waals surface area contributed by atoms with Crippen molar-refractivity contribution < 1.29 is 0 Å². The van der Waals surface area contributed by atoms with Gasteiger partial charge in [0.25, 0.3) is 0 Å². The van der Waals surface area contributed by atoms with E-state index in [1.165, 1.54) is 5.57 Å². The average Bonchev–Trinajstić information content (AvgIpc) is 2.34. The summed E-state index contributed by atoms with van der Waals surface area (Å²) < 4.78 is 0. The van der Waals surface area contributed by atoms with Crippen molar-refractivity contribution in [1.29, 1.82) is 0 Å². The third kappa shape index (κ3) is 0.805. The van der Waals surface area contributed by atoms with Crippen LogP contribution in [-0.4, -0.2) is 12.7 Å². The predicted octanol–water partition coefficient (Wildman–Crippen LogP) is 0.377. The van der Waals surface area contributed by atoms with E-state index in [-0.39, 0.29) is 6.17 Å². The molecule has 54 valence electrons. The van der Waals surface area contributed by atoms with Gasteiger partial charge >= 0.3 is 0 Å². The van der Waals surface area contributed by atoms with Gasteiger partial charge in [-0.1, -0.05) is 18.2 Å². The van der Waals surface area contributed by atoms with Crippen LogP contribution in [0.3, 0.4) is 0 Å². The van der Waals surface area contributed by atoms with Gasteiger partial charge in [0.2, 0.25) is 0 Å². The molecule has 0 aromatic rings. The number of rotatable bonds is 0. The van der Waals surface area contributed by atoms with E-state index in [4.69, 9.17) is 5.73 Å². The fraction of sp³-hybridized carbons (Fsp3) is 0.500. The van der Waals surface area contributed by atoms with Crippen molar-refractivity contribution in [2.75, 3.05) is 6.54 Å². The first-order valence-electron chi connectivity index (χ1n) is 3.73. The Morgan fingerprint density at radius 2 is 2.50 bits per heavy atom. The second-order valence-electron chi connectivity index (χ2n) is 2.91. The van der Waals surface area contributed by atoms with E-state index in [2.05, 4.69) is 23.5 Å². The lowest BCUT2D eigenvalue weighted by Crippen LogP contribution is -2.31. The van der Waals surface area contributed by atoms with Crippen molar-refractivity contribution in [1.82, 2.24) is 5.32 Å². The summed E-state index contributed by atoms with van der Waals surface area (Å²) >= 11 is 0. The summed E-state index contributed by atoms with van der Waals surface area (Å²) in [6.45, 7) is 1.05. The lowest BCUT2D eigenvalue weighted by atomic mass is 9.94. The number of allylic oxidation sites excluding steroid dienone is 3. The summed E-state index contributed by atoms with van der Waals surface area (Å²) in [6.07, 6.45) is 7.72. The molecule has 2 rings (SSSR count). The molecule has 2 aliphatic rings. The van der Waals surface area contributed by atoms with E-state index < -0.39 is 0 Å². The molecule has 2 atom stereocenters. The summed E-state index contributed by atoms with van der Waals surface area (Å²) in [6, 6.07) is 0. The van der Waals surface area contributed by atoms with Crippen LogP contribution in [0, 0.1) is 5.92 Å². The third-order valence-electron chi connectivity index (χ3n) is 2.26. The van der Waals surface area contributed by atoms with Gasteiger partial charge in [-0.2, -0.15) is 0 Å². The smallest absolute Gasteiger partial charge is 0.0775 e. The number of nitrogens with one attached hydrogen (secondary N) is 1. The molecule has 0 radical (unpaired) electrons. The fourth-order valence-corrected chi connectivity index (χ4v) is 1.64. The SMILES string of the molecule is NC1NCC2CC=CC=C21. The highest BCUT2D eigenvalue weighted by molar-refractivity contribution is 5.27. The summed E-state index contributed by atoms with van der Waals surface area (Å²) in [5, 5.41) is 3.23. The van der Waals surface area contributed by atoms with E-state index >= 15 is 0 Å². The minimum atomic E-state index is 0.120. The molecule has 1 saturated heterocycles. The standard InChI is InChI=1S/C8H12N2/c9-8-7-4-2-1-3-6(7)5-10-8/h1-2,4,6,8,10H,3,5,9H2. The lowest BCUT2D eigenvalue weighted by molar-refractivity contribution is 0.647. The van der Waals surface area contributed by atoms with Crippen LogP contribution in [0.25, 0.3) is 0 Å². The first-order chi connectivity index (χ1) is 4.88. The maximum absolute atomic E-state index is 5.78. The molecule has 0 aromatic heterocycles. The van der Waals surface area contributed by atoms with Crippen molar-refractivity contribution in [3.05, 3.63) is 23.8 Å². The Kier molecular flexibility index (Phi) is 1.36. The number of hydrogen-bond acceptors (Lipinski definition) is 2. The van der Waals surface area contributed by atoms with Crippen LogP contribution < -0.4 is 11.1 Å². The summed E-state index contributed by atoms with van der Waals surface area (Å²) in [7, 11) is 0. The molecule has 0 aromatic carbocycles. The van der Waals surface area contributed by atoms with Crippen LogP contribution in [0.5, 0.6) is 0 Å². The van der Waals surface area contributed by atoms with E-state index in [9.17, 15) is 0 Å². The van der Waals surface area contributed by atoms with E-state index in [1.807, 2.05) is 0 Å². The molecular weight excluding hydrogens is 124 g/mol. The molecule has 2 unspecified atom stereocenters. The first-order valence-corrected chi connectivity index (χ1v) is 3.73. The van der Waals surface area contributed by atoms with Crippen molar-refractivity contribution >= 4 is 0 Å². The normalized spacial score (nSPS) is 37.5. The second kappa shape index (κ2) is 2.22. The van der Waals surface area contributed by atoms with Gasteiger partial charge in [-0.3, -0.25) is 5.32 Å². The highest BCUT2D eigenvalue weighted by Gasteiger charge is 2.26. The predicted molar refractivity (Wildman–Crippen MR) is 41.3 cm³/mol. The molecule has 2 nitrogen and oxygen atoms in total. The minimum absolute atomic E-state index is 0.120. The summed E-state index contributed by atoms with van der Waals surface area (Å²) in [5.74, 6) is 0.681. The van der Waals surface area contributed by atoms with Gasteiger partial charge in [0.15, 0.2) is 0 Å². The molecule has 3 N–H and O–H groups in total. The molecule has 0 spiro atoms. The van der Waals surface area contributed by atoms with Crippen molar-refractivity contribution in [2.24, 2.45) is 11.7 Å². The van der Waals surface area contributed by atoms with Crippen LogP contribution in [0.4, 0.5) is 0 Å². The van der Waals surface area contributed by atoms with Crippen molar-refractivity contribution in [3.8, 4) is 0 Å². The molecule has 0 saturated carbocycles. The molecule has 1 aliphatic heterocycles. The van der Waals surface area contributed by atoms with Gasteiger partial charge in [0.05, 0.1) is 6.17 Å². The molecule has 1 fully saturated rings. The number of fused-ring (bicyclic) bond motifs is 1. The van der Waals surface area contributed by atoms with Gasteiger partial charge in [-0.05, 0) is 17.9 Å². The molecule has 1 aliphatic carbocycles. The Hall–Kier alpha value is -0.600. The zero-order valence-electron chi connectivity index (χ0n) is 5.88. The lowest BCUT2D eigenvalue weighted by Gasteiger charge is -2.12. The van der Waals surface area contributed by atoms with Crippen LogP contribution in [0.1, 0.15) is 6.42 Å². The Bertz CT molecular complexity index is 193. The fourth-order valence-electron chi connectivity index (χ4n) is 1.64.